The van der Waals surface area contributed by atoms with E-state index in [1.807, 2.05) is 0 Å². The first kappa shape index (κ1) is 15.0. The van der Waals surface area contributed by atoms with Gasteiger partial charge in [-0.25, -0.2) is 8.42 Å². The first-order valence-electron chi connectivity index (χ1n) is 7.01. The van der Waals surface area contributed by atoms with Crippen molar-refractivity contribution < 1.29 is 8.42 Å². The lowest BCUT2D eigenvalue weighted by Crippen LogP contribution is -2.37. The zero-order valence-corrected chi connectivity index (χ0v) is 12.1. The third-order valence-electron chi connectivity index (χ3n) is 3.60. The highest BCUT2D eigenvalue weighted by molar-refractivity contribution is 7.91. The van der Waals surface area contributed by atoms with Crippen molar-refractivity contribution in [2.45, 2.75) is 58.4 Å². The molecule has 1 atom stereocenters. The maximum atomic E-state index is 12.1. The normalized spacial score (nSPS) is 19.6. The maximum absolute atomic E-state index is 12.1. The molecule has 0 aromatic carbocycles. The van der Waals surface area contributed by atoms with Gasteiger partial charge in [0.05, 0.1) is 11.5 Å². The van der Waals surface area contributed by atoms with Gasteiger partial charge in [0.15, 0.2) is 9.84 Å². The second kappa shape index (κ2) is 7.37. The van der Waals surface area contributed by atoms with Crippen molar-refractivity contribution in [1.82, 2.24) is 5.32 Å². The molecular weight excluding hydrogens is 234 g/mol. The van der Waals surface area contributed by atoms with Crippen LogP contribution in [0.1, 0.15) is 52.4 Å². The van der Waals surface area contributed by atoms with E-state index in [1.165, 1.54) is 12.8 Å². The van der Waals surface area contributed by atoms with Gasteiger partial charge >= 0.3 is 0 Å². The van der Waals surface area contributed by atoms with Crippen LogP contribution in [0.15, 0.2) is 0 Å². The van der Waals surface area contributed by atoms with Crippen LogP contribution in [-0.4, -0.2) is 32.5 Å². The number of hydrogen-bond acceptors (Lipinski definition) is 3. The predicted octanol–water partition coefficient (Wildman–Crippen LogP) is 2.37. The van der Waals surface area contributed by atoms with Crippen molar-refractivity contribution in [2.75, 3.05) is 18.1 Å². The summed E-state index contributed by atoms with van der Waals surface area (Å²) < 4.78 is 24.2. The summed E-state index contributed by atoms with van der Waals surface area (Å²) in [7, 11) is -2.87. The van der Waals surface area contributed by atoms with Gasteiger partial charge in [0.25, 0.3) is 0 Å². The molecule has 1 saturated carbocycles. The Hall–Kier alpha value is -0.0900. The van der Waals surface area contributed by atoms with Gasteiger partial charge in [0.2, 0.25) is 0 Å². The molecule has 0 aromatic heterocycles. The number of sulfone groups is 1. The quantitative estimate of drug-likeness (QED) is 0.729. The van der Waals surface area contributed by atoms with E-state index in [4.69, 9.17) is 0 Å². The highest BCUT2D eigenvalue weighted by atomic mass is 32.2. The topological polar surface area (TPSA) is 46.2 Å². The summed E-state index contributed by atoms with van der Waals surface area (Å²) in [5.74, 6) is 1.17. The summed E-state index contributed by atoms with van der Waals surface area (Å²) in [6.07, 6.45) is 6.59. The van der Waals surface area contributed by atoms with Crippen LogP contribution in [0.5, 0.6) is 0 Å². The van der Waals surface area contributed by atoms with Crippen LogP contribution in [0.2, 0.25) is 0 Å². The van der Waals surface area contributed by atoms with Crippen LogP contribution in [0.3, 0.4) is 0 Å². The molecule has 0 amide bonds. The Labute approximate surface area is 106 Å². The van der Waals surface area contributed by atoms with Gasteiger partial charge in [-0.1, -0.05) is 26.7 Å². The Morgan fingerprint density at radius 3 is 2.41 bits per heavy atom. The molecule has 0 saturated heterocycles. The molecule has 0 bridgehead atoms. The van der Waals surface area contributed by atoms with E-state index in [0.717, 1.165) is 32.2 Å². The van der Waals surface area contributed by atoms with Crippen molar-refractivity contribution in [2.24, 2.45) is 5.92 Å². The monoisotopic (exact) mass is 261 g/mol. The first-order valence-corrected chi connectivity index (χ1v) is 8.83. The number of rotatable bonds is 8. The van der Waals surface area contributed by atoms with Crippen molar-refractivity contribution in [3.8, 4) is 0 Å². The molecule has 0 aromatic rings. The van der Waals surface area contributed by atoms with Crippen LogP contribution in [0, 0.1) is 5.92 Å². The van der Waals surface area contributed by atoms with Gasteiger partial charge in [0.1, 0.15) is 0 Å². The second-order valence-corrected chi connectivity index (χ2v) is 7.44. The van der Waals surface area contributed by atoms with Crippen molar-refractivity contribution >= 4 is 9.84 Å². The maximum Gasteiger partial charge on any atom is 0.152 e. The molecule has 102 valence electrons. The first-order chi connectivity index (χ1) is 8.07. The lowest BCUT2D eigenvalue weighted by Gasteiger charge is -2.18. The van der Waals surface area contributed by atoms with Gasteiger partial charge in [-0.15, -0.1) is 0 Å². The minimum Gasteiger partial charge on any atom is -0.313 e. The van der Waals surface area contributed by atoms with E-state index in [-0.39, 0.29) is 6.04 Å². The molecule has 0 heterocycles. The van der Waals surface area contributed by atoms with Crippen LogP contribution >= 0.6 is 0 Å². The van der Waals surface area contributed by atoms with Gasteiger partial charge < -0.3 is 5.32 Å². The zero-order chi connectivity index (χ0) is 12.7. The van der Waals surface area contributed by atoms with E-state index in [9.17, 15) is 8.42 Å². The van der Waals surface area contributed by atoms with Crippen LogP contribution in [-0.2, 0) is 9.84 Å². The average molecular weight is 261 g/mol. The molecule has 1 aliphatic carbocycles. The summed E-state index contributed by atoms with van der Waals surface area (Å²) in [6, 6.07) is 0.140. The molecule has 3 nitrogen and oxygen atoms in total. The summed E-state index contributed by atoms with van der Waals surface area (Å²) in [4.78, 5) is 0. The fraction of sp³-hybridized carbons (Fsp3) is 1.00. The van der Waals surface area contributed by atoms with Gasteiger partial charge in [-0.2, -0.15) is 0 Å². The van der Waals surface area contributed by atoms with E-state index in [1.54, 1.807) is 0 Å². The third-order valence-corrected chi connectivity index (χ3v) is 5.48. The minimum absolute atomic E-state index is 0.140. The van der Waals surface area contributed by atoms with Crippen molar-refractivity contribution in [3.63, 3.8) is 0 Å². The smallest absolute Gasteiger partial charge is 0.152 e. The van der Waals surface area contributed by atoms with Gasteiger partial charge in [-0.05, 0) is 38.1 Å². The Kier molecular flexibility index (Phi) is 6.49. The molecule has 1 rings (SSSR count). The lowest BCUT2D eigenvalue weighted by atomic mass is 10.1. The Balaban J connectivity index is 2.39. The molecule has 4 heteroatoms. The van der Waals surface area contributed by atoms with E-state index in [2.05, 4.69) is 19.2 Å². The van der Waals surface area contributed by atoms with Crippen molar-refractivity contribution in [1.29, 1.82) is 0 Å². The SMILES string of the molecule is CCCNC(CC)CS(=O)(=O)CC1CCCC1. The van der Waals surface area contributed by atoms with Gasteiger partial charge in [-0.3, -0.25) is 0 Å². The molecule has 0 aliphatic heterocycles. The van der Waals surface area contributed by atoms with Crippen LogP contribution in [0.25, 0.3) is 0 Å². The fourth-order valence-electron chi connectivity index (χ4n) is 2.58. The molecule has 0 radical (unpaired) electrons. The van der Waals surface area contributed by atoms with E-state index >= 15 is 0 Å². The van der Waals surface area contributed by atoms with Crippen molar-refractivity contribution in [3.05, 3.63) is 0 Å². The zero-order valence-electron chi connectivity index (χ0n) is 11.2. The summed E-state index contributed by atoms with van der Waals surface area (Å²) in [5.41, 5.74) is 0. The number of hydrogen-bond donors (Lipinski definition) is 1. The molecule has 1 aliphatic rings. The Bertz CT molecular complexity index is 295. The minimum atomic E-state index is -2.87. The molecule has 1 fully saturated rings. The largest absolute Gasteiger partial charge is 0.313 e. The Morgan fingerprint density at radius 1 is 1.24 bits per heavy atom. The molecule has 0 spiro atoms. The molecular formula is C13H27NO2S. The molecule has 1 N–H and O–H groups in total. The van der Waals surface area contributed by atoms with Crippen LogP contribution in [0.4, 0.5) is 0 Å². The van der Waals surface area contributed by atoms with E-state index < -0.39 is 9.84 Å². The van der Waals surface area contributed by atoms with Gasteiger partial charge in [0, 0.05) is 6.04 Å². The highest BCUT2D eigenvalue weighted by Gasteiger charge is 2.24. The summed E-state index contributed by atoms with van der Waals surface area (Å²) in [5, 5.41) is 3.32. The number of nitrogens with one attached hydrogen (secondary N) is 1. The average Bonchev–Trinajstić information content (AvgIpc) is 2.75. The van der Waals surface area contributed by atoms with Crippen LogP contribution < -0.4 is 5.32 Å². The molecule has 17 heavy (non-hydrogen) atoms. The summed E-state index contributed by atoms with van der Waals surface area (Å²) in [6.45, 7) is 5.07. The third kappa shape index (κ3) is 5.87. The predicted molar refractivity (Wildman–Crippen MR) is 73.0 cm³/mol. The highest BCUT2D eigenvalue weighted by Crippen LogP contribution is 2.26. The Morgan fingerprint density at radius 2 is 1.88 bits per heavy atom. The standard InChI is InChI=1S/C13H27NO2S/c1-3-9-14-13(4-2)11-17(15,16)10-12-7-5-6-8-12/h12-14H,3-11H2,1-2H3. The molecule has 1 unspecified atom stereocenters. The second-order valence-electron chi connectivity index (χ2n) is 5.29. The summed E-state index contributed by atoms with van der Waals surface area (Å²) >= 11 is 0. The van der Waals surface area contributed by atoms with E-state index in [0.29, 0.717) is 17.4 Å². The lowest BCUT2D eigenvalue weighted by molar-refractivity contribution is 0.511. The fourth-order valence-corrected chi connectivity index (χ4v) is 4.73.